The Hall–Kier alpha value is -3.91. The van der Waals surface area contributed by atoms with Crippen LogP contribution in [0.2, 0.25) is 5.02 Å². The minimum absolute atomic E-state index is 0.231. The van der Waals surface area contributed by atoms with Crippen molar-refractivity contribution < 1.29 is 14.3 Å². The van der Waals surface area contributed by atoms with Crippen molar-refractivity contribution in [2.24, 2.45) is 4.99 Å². The van der Waals surface area contributed by atoms with Gasteiger partial charge in [-0.15, -0.1) is 0 Å². The summed E-state index contributed by atoms with van der Waals surface area (Å²) in [5, 5.41) is 9.25. The number of aromatic nitrogens is 1. The zero-order chi connectivity index (χ0) is 23.4. The molecule has 1 atom stereocenters. The van der Waals surface area contributed by atoms with Crippen LogP contribution >= 0.6 is 11.6 Å². The second kappa shape index (κ2) is 9.70. The molecule has 0 saturated carbocycles. The Morgan fingerprint density at radius 1 is 1.06 bits per heavy atom. The molecule has 9 heteroatoms. The van der Waals surface area contributed by atoms with Crippen molar-refractivity contribution >= 4 is 40.8 Å². The molecule has 168 valence electrons. The van der Waals surface area contributed by atoms with Crippen molar-refractivity contribution in [2.75, 3.05) is 24.3 Å². The molecule has 0 bridgehead atoms. The number of nitrogens with zero attached hydrogens (tertiary/aromatic N) is 2. The summed E-state index contributed by atoms with van der Waals surface area (Å²) in [5.41, 5.74) is 1.93. The predicted molar refractivity (Wildman–Crippen MR) is 129 cm³/mol. The zero-order valence-corrected chi connectivity index (χ0v) is 18.8. The van der Waals surface area contributed by atoms with E-state index in [1.807, 2.05) is 12.1 Å². The maximum Gasteiger partial charge on any atom is 0.259 e. The number of halogens is 1. The average molecular weight is 464 g/mol. The Morgan fingerprint density at radius 2 is 1.85 bits per heavy atom. The van der Waals surface area contributed by atoms with Crippen LogP contribution in [0, 0.1) is 0 Å². The van der Waals surface area contributed by atoms with Gasteiger partial charge in [-0.2, -0.15) is 0 Å². The number of amidine groups is 1. The van der Waals surface area contributed by atoms with Crippen molar-refractivity contribution in [3.8, 4) is 5.75 Å². The number of rotatable bonds is 6. The van der Waals surface area contributed by atoms with Gasteiger partial charge in [-0.1, -0.05) is 23.7 Å². The number of hydrogen-bond donors (Lipinski definition) is 3. The van der Waals surface area contributed by atoms with Gasteiger partial charge in [-0.25, -0.2) is 4.98 Å². The van der Waals surface area contributed by atoms with Crippen molar-refractivity contribution in [3.05, 3.63) is 82.5 Å². The molecule has 0 spiro atoms. The molecular weight excluding hydrogens is 442 g/mol. The first-order chi connectivity index (χ1) is 15.9. The van der Waals surface area contributed by atoms with Gasteiger partial charge in [-0.3, -0.25) is 14.6 Å². The second-order valence-electron chi connectivity index (χ2n) is 7.49. The number of ether oxygens (including phenoxy) is 1. The summed E-state index contributed by atoms with van der Waals surface area (Å²) >= 11 is 5.85. The SMILES string of the molecule is COc1ccc(NC(=O)c2ccc(C3=NCC(C)N3)cc2)c(C(=O)Nc2ccc(Cl)cn2)c1. The summed E-state index contributed by atoms with van der Waals surface area (Å²) in [4.78, 5) is 34.3. The fourth-order valence-electron chi connectivity index (χ4n) is 3.28. The van der Waals surface area contributed by atoms with E-state index >= 15 is 0 Å². The average Bonchev–Trinajstić information content (AvgIpc) is 3.27. The Balaban J connectivity index is 1.52. The van der Waals surface area contributed by atoms with E-state index in [0.29, 0.717) is 33.9 Å². The molecule has 3 aromatic rings. The number of nitrogens with one attached hydrogen (secondary N) is 3. The van der Waals surface area contributed by atoms with Gasteiger partial charge in [0.2, 0.25) is 0 Å². The van der Waals surface area contributed by atoms with Crippen molar-refractivity contribution in [2.45, 2.75) is 13.0 Å². The maximum atomic E-state index is 12.9. The third-order valence-electron chi connectivity index (χ3n) is 5.02. The lowest BCUT2D eigenvalue weighted by molar-refractivity contribution is 0.102. The molecule has 0 aliphatic carbocycles. The van der Waals surface area contributed by atoms with Crippen LogP contribution in [0.1, 0.15) is 33.2 Å². The summed E-state index contributed by atoms with van der Waals surface area (Å²) in [6, 6.07) is 15.5. The summed E-state index contributed by atoms with van der Waals surface area (Å²) in [7, 11) is 1.50. The van der Waals surface area contributed by atoms with Crippen LogP contribution in [-0.2, 0) is 0 Å². The number of benzene rings is 2. The van der Waals surface area contributed by atoms with Gasteiger partial charge in [0.25, 0.3) is 11.8 Å². The number of aliphatic imine (C=N–C) groups is 1. The smallest absolute Gasteiger partial charge is 0.259 e. The number of pyridine rings is 1. The highest BCUT2D eigenvalue weighted by molar-refractivity contribution is 6.30. The minimum Gasteiger partial charge on any atom is -0.497 e. The van der Waals surface area contributed by atoms with E-state index in [4.69, 9.17) is 16.3 Å². The number of carbonyl (C=O) groups excluding carboxylic acids is 2. The minimum atomic E-state index is -0.450. The number of hydrogen-bond acceptors (Lipinski definition) is 6. The van der Waals surface area contributed by atoms with Crippen LogP contribution in [0.25, 0.3) is 0 Å². The highest BCUT2D eigenvalue weighted by Gasteiger charge is 2.18. The number of methoxy groups -OCH3 is 1. The lowest BCUT2D eigenvalue weighted by Crippen LogP contribution is -2.27. The molecule has 2 heterocycles. The number of amides is 2. The molecule has 3 N–H and O–H groups in total. The Bertz CT molecular complexity index is 1210. The molecule has 0 fully saturated rings. The quantitative estimate of drug-likeness (QED) is 0.512. The van der Waals surface area contributed by atoms with E-state index in [1.54, 1.807) is 42.5 Å². The lowest BCUT2D eigenvalue weighted by atomic mass is 10.1. The van der Waals surface area contributed by atoms with Gasteiger partial charge in [0, 0.05) is 23.4 Å². The molecule has 1 unspecified atom stereocenters. The first-order valence-corrected chi connectivity index (χ1v) is 10.6. The molecule has 4 rings (SSSR count). The van der Waals surface area contributed by atoms with Gasteiger partial charge in [0.05, 0.1) is 29.9 Å². The standard InChI is InChI=1S/C24H22ClN5O3/c1-14-12-27-22(28-14)15-3-5-16(6-4-15)23(31)29-20-9-8-18(33-2)11-19(20)24(32)30-21-10-7-17(25)13-26-21/h3-11,13-14H,12H2,1-2H3,(H,27,28)(H,29,31)(H,26,30,32). The summed E-state index contributed by atoms with van der Waals surface area (Å²) in [6.07, 6.45) is 1.43. The van der Waals surface area contributed by atoms with E-state index in [1.165, 1.54) is 13.3 Å². The highest BCUT2D eigenvalue weighted by Crippen LogP contribution is 2.24. The number of anilines is 2. The van der Waals surface area contributed by atoms with Crippen LogP contribution in [0.3, 0.4) is 0 Å². The topological polar surface area (TPSA) is 105 Å². The monoisotopic (exact) mass is 463 g/mol. The third-order valence-corrected chi connectivity index (χ3v) is 5.24. The molecule has 1 aliphatic rings. The highest BCUT2D eigenvalue weighted by atomic mass is 35.5. The van der Waals surface area contributed by atoms with Crippen LogP contribution < -0.4 is 20.7 Å². The zero-order valence-electron chi connectivity index (χ0n) is 18.1. The van der Waals surface area contributed by atoms with Gasteiger partial charge in [-0.05, 0) is 49.4 Å². The van der Waals surface area contributed by atoms with Gasteiger partial charge in [0.15, 0.2) is 0 Å². The van der Waals surface area contributed by atoms with E-state index in [-0.39, 0.29) is 11.5 Å². The van der Waals surface area contributed by atoms with Gasteiger partial charge >= 0.3 is 0 Å². The van der Waals surface area contributed by atoms with Gasteiger partial charge in [0.1, 0.15) is 17.4 Å². The molecule has 2 aromatic carbocycles. The molecule has 0 saturated heterocycles. The van der Waals surface area contributed by atoms with E-state index in [9.17, 15) is 9.59 Å². The first-order valence-electron chi connectivity index (χ1n) is 10.3. The normalized spacial score (nSPS) is 14.8. The first kappa shape index (κ1) is 22.3. The summed E-state index contributed by atoms with van der Waals surface area (Å²) < 4.78 is 5.24. The van der Waals surface area contributed by atoms with E-state index in [2.05, 4.69) is 32.9 Å². The lowest BCUT2D eigenvalue weighted by Gasteiger charge is -2.13. The van der Waals surface area contributed by atoms with E-state index in [0.717, 1.165) is 17.9 Å². The Labute approximate surface area is 196 Å². The second-order valence-corrected chi connectivity index (χ2v) is 7.93. The predicted octanol–water partition coefficient (Wildman–Crippen LogP) is 3.99. The fraction of sp³-hybridized carbons (Fsp3) is 0.167. The maximum absolute atomic E-state index is 12.9. The Morgan fingerprint density at radius 3 is 2.48 bits per heavy atom. The van der Waals surface area contributed by atoms with Crippen molar-refractivity contribution in [3.63, 3.8) is 0 Å². The van der Waals surface area contributed by atoms with Crippen molar-refractivity contribution in [1.29, 1.82) is 0 Å². The molecule has 1 aliphatic heterocycles. The Kier molecular flexibility index (Phi) is 6.55. The van der Waals surface area contributed by atoms with Crippen LogP contribution in [0.15, 0.2) is 65.8 Å². The van der Waals surface area contributed by atoms with Crippen LogP contribution in [-0.4, -0.2) is 42.3 Å². The molecular formula is C24H22ClN5O3. The summed E-state index contributed by atoms with van der Waals surface area (Å²) in [6.45, 7) is 2.79. The van der Waals surface area contributed by atoms with Crippen LogP contribution in [0.4, 0.5) is 11.5 Å². The van der Waals surface area contributed by atoms with Crippen LogP contribution in [0.5, 0.6) is 5.75 Å². The van der Waals surface area contributed by atoms with Crippen molar-refractivity contribution in [1.82, 2.24) is 10.3 Å². The molecule has 33 heavy (non-hydrogen) atoms. The molecule has 1 aromatic heterocycles. The van der Waals surface area contributed by atoms with Gasteiger partial charge < -0.3 is 20.7 Å². The fourth-order valence-corrected chi connectivity index (χ4v) is 3.39. The third kappa shape index (κ3) is 5.30. The summed E-state index contributed by atoms with van der Waals surface area (Å²) in [5.74, 6) is 0.830. The number of carbonyl (C=O) groups is 2. The largest absolute Gasteiger partial charge is 0.497 e. The van der Waals surface area contributed by atoms with E-state index < -0.39 is 5.91 Å². The molecule has 0 radical (unpaired) electrons. The molecule has 2 amide bonds. The molecule has 8 nitrogen and oxygen atoms in total.